The van der Waals surface area contributed by atoms with Crippen molar-refractivity contribution in [2.45, 2.75) is 13.8 Å². The lowest BCUT2D eigenvalue weighted by Gasteiger charge is -1.98. The molecule has 0 saturated carbocycles. The van der Waals surface area contributed by atoms with E-state index in [2.05, 4.69) is 32.4 Å². The lowest BCUT2D eigenvalue weighted by Crippen LogP contribution is -1.89. The third-order valence-electron chi connectivity index (χ3n) is 1.55. The van der Waals surface area contributed by atoms with Crippen molar-refractivity contribution in [3.63, 3.8) is 0 Å². The summed E-state index contributed by atoms with van der Waals surface area (Å²) in [4.78, 5) is 7.36. The Morgan fingerprint density at radius 2 is 2.18 bits per heavy atom. The van der Waals surface area contributed by atoms with Crippen LogP contribution in [-0.4, -0.2) is 4.98 Å². The molecule has 0 atom stereocenters. The monoisotopic (exact) mass is 258 g/mol. The molecule has 0 radical (unpaired) electrons. The van der Waals surface area contributed by atoms with E-state index < -0.39 is 0 Å². The largest absolute Gasteiger partial charge is 0.361 e. The molecule has 0 unspecified atom stereocenters. The van der Waals surface area contributed by atoms with Gasteiger partial charge in [0.25, 0.3) is 5.82 Å². The average molecular weight is 258 g/mol. The maximum absolute atomic E-state index is 6.77. The minimum Gasteiger partial charge on any atom is -0.361 e. The predicted molar refractivity (Wildman–Crippen MR) is 52.7 cm³/mol. The summed E-state index contributed by atoms with van der Waals surface area (Å²) in [7, 11) is 0. The number of nitrogens with zero attached hydrogens (tertiary/aromatic N) is 2. The van der Waals surface area contributed by atoms with Gasteiger partial charge in [0, 0.05) is 16.1 Å². The van der Waals surface area contributed by atoms with Gasteiger partial charge in [0.2, 0.25) is 0 Å². The molecule has 2 nitrogen and oxygen atoms in total. The maximum Gasteiger partial charge on any atom is 0.270 e. The minimum absolute atomic E-state index is 0.484. The summed E-state index contributed by atoms with van der Waals surface area (Å²) < 4.78 is 1.11. The summed E-state index contributed by atoms with van der Waals surface area (Å²) in [5.74, 6) is 0.484. The van der Waals surface area contributed by atoms with Gasteiger partial charge < -0.3 is 4.85 Å². The molecule has 1 aromatic rings. The van der Waals surface area contributed by atoms with Crippen LogP contribution < -0.4 is 0 Å². The molecule has 1 heterocycles. The van der Waals surface area contributed by atoms with Crippen LogP contribution in [0.25, 0.3) is 4.85 Å². The normalized spacial score (nSPS) is 9.27. The van der Waals surface area contributed by atoms with Crippen LogP contribution in [0.5, 0.6) is 0 Å². The van der Waals surface area contributed by atoms with Gasteiger partial charge in [-0.05, 0) is 35.6 Å². The van der Waals surface area contributed by atoms with Crippen LogP contribution in [0.15, 0.2) is 6.07 Å². The fraction of sp³-hybridized carbons (Fsp3) is 0.250. The second kappa shape index (κ2) is 3.18. The molecule has 0 fully saturated rings. The lowest BCUT2D eigenvalue weighted by molar-refractivity contribution is 1.15. The number of aromatic nitrogens is 1. The van der Waals surface area contributed by atoms with E-state index in [0.29, 0.717) is 5.82 Å². The molecule has 3 heteroatoms. The van der Waals surface area contributed by atoms with E-state index >= 15 is 0 Å². The van der Waals surface area contributed by atoms with E-state index in [-0.39, 0.29) is 0 Å². The van der Waals surface area contributed by atoms with Crippen molar-refractivity contribution in [2.24, 2.45) is 0 Å². The molecule has 0 aliphatic rings. The van der Waals surface area contributed by atoms with E-state index in [9.17, 15) is 0 Å². The molecule has 56 valence electrons. The molecule has 0 N–H and O–H groups in total. The Labute approximate surface area is 79.6 Å². The van der Waals surface area contributed by atoms with E-state index in [1.54, 1.807) is 6.07 Å². The highest BCUT2D eigenvalue weighted by Gasteiger charge is 2.04. The minimum atomic E-state index is 0.484. The van der Waals surface area contributed by atoms with Gasteiger partial charge in [0.1, 0.15) is 5.69 Å². The molecular weight excluding hydrogens is 251 g/mol. The quantitative estimate of drug-likeness (QED) is 0.516. The first-order valence-electron chi connectivity index (χ1n) is 3.16. The predicted octanol–water partition coefficient (Wildman–Crippen LogP) is 2.85. The Kier molecular flexibility index (Phi) is 2.45. The molecule has 0 aliphatic heterocycles. The van der Waals surface area contributed by atoms with Gasteiger partial charge in [0.05, 0.1) is 0 Å². The number of halogens is 1. The zero-order valence-electron chi connectivity index (χ0n) is 6.35. The van der Waals surface area contributed by atoms with Crippen LogP contribution >= 0.6 is 22.6 Å². The molecule has 0 aliphatic carbocycles. The number of hydrogen-bond acceptors (Lipinski definition) is 1. The Morgan fingerprint density at radius 1 is 1.55 bits per heavy atom. The van der Waals surface area contributed by atoms with Gasteiger partial charge in [-0.2, -0.15) is 0 Å². The average Bonchev–Trinajstić information content (AvgIpc) is 1.99. The van der Waals surface area contributed by atoms with Crippen molar-refractivity contribution in [3.05, 3.63) is 32.3 Å². The van der Waals surface area contributed by atoms with Crippen molar-refractivity contribution >= 4 is 28.4 Å². The topological polar surface area (TPSA) is 17.2 Å². The summed E-state index contributed by atoms with van der Waals surface area (Å²) in [6, 6.07) is 1.80. The first-order valence-corrected chi connectivity index (χ1v) is 4.24. The van der Waals surface area contributed by atoms with Crippen LogP contribution in [0.2, 0.25) is 0 Å². The van der Waals surface area contributed by atoms with Crippen molar-refractivity contribution in [3.8, 4) is 0 Å². The SMILES string of the molecule is [C-]#[N+]c1cc(I)c(C)c(C)n1. The summed E-state index contributed by atoms with van der Waals surface area (Å²) in [6.07, 6.45) is 0. The van der Waals surface area contributed by atoms with Gasteiger partial charge in [-0.1, -0.05) is 6.57 Å². The highest BCUT2D eigenvalue weighted by molar-refractivity contribution is 14.1. The molecule has 0 amide bonds. The maximum atomic E-state index is 6.77. The molecule has 11 heavy (non-hydrogen) atoms. The second-order valence-corrected chi connectivity index (χ2v) is 3.45. The highest BCUT2D eigenvalue weighted by Crippen LogP contribution is 2.19. The third-order valence-corrected chi connectivity index (χ3v) is 2.67. The molecular formula is C8H7IN2. The fourth-order valence-corrected chi connectivity index (χ4v) is 1.41. The van der Waals surface area contributed by atoms with E-state index in [1.165, 1.54) is 0 Å². The van der Waals surface area contributed by atoms with Gasteiger partial charge in [0.15, 0.2) is 0 Å². The van der Waals surface area contributed by atoms with Crippen molar-refractivity contribution in [1.82, 2.24) is 4.98 Å². The summed E-state index contributed by atoms with van der Waals surface area (Å²) in [5.41, 5.74) is 2.11. The molecule has 0 bridgehead atoms. The van der Waals surface area contributed by atoms with Gasteiger partial charge in [-0.25, -0.2) is 0 Å². The first kappa shape index (κ1) is 8.47. The number of hydrogen-bond donors (Lipinski definition) is 0. The summed E-state index contributed by atoms with van der Waals surface area (Å²) >= 11 is 2.22. The first-order chi connectivity index (χ1) is 5.15. The van der Waals surface area contributed by atoms with Crippen LogP contribution in [0, 0.1) is 24.0 Å². The molecule has 0 aromatic carbocycles. The van der Waals surface area contributed by atoms with E-state index in [1.807, 2.05) is 13.8 Å². The standard InChI is InChI=1S/C8H7IN2/c1-5-6(2)11-8(10-3)4-7(5)9/h4H,1-2H3. The van der Waals surface area contributed by atoms with Crippen molar-refractivity contribution < 1.29 is 0 Å². The zero-order valence-corrected chi connectivity index (χ0v) is 8.51. The molecule has 1 aromatic heterocycles. The zero-order chi connectivity index (χ0) is 8.43. The second-order valence-electron chi connectivity index (χ2n) is 2.28. The van der Waals surface area contributed by atoms with Crippen LogP contribution in [0.4, 0.5) is 5.82 Å². The molecule has 1 rings (SSSR count). The van der Waals surface area contributed by atoms with Crippen molar-refractivity contribution in [2.75, 3.05) is 0 Å². The van der Waals surface area contributed by atoms with Gasteiger partial charge in [-0.3, -0.25) is 0 Å². The van der Waals surface area contributed by atoms with Crippen LogP contribution in [-0.2, 0) is 0 Å². The Morgan fingerprint density at radius 3 is 2.64 bits per heavy atom. The highest BCUT2D eigenvalue weighted by atomic mass is 127. The Hall–Kier alpha value is -0.630. The van der Waals surface area contributed by atoms with E-state index in [0.717, 1.165) is 14.8 Å². The fourth-order valence-electron chi connectivity index (χ4n) is 0.740. The molecule has 0 saturated heterocycles. The number of rotatable bonds is 0. The third kappa shape index (κ3) is 1.69. The van der Waals surface area contributed by atoms with Crippen LogP contribution in [0.3, 0.4) is 0 Å². The van der Waals surface area contributed by atoms with Gasteiger partial charge in [-0.15, -0.1) is 4.98 Å². The number of pyridine rings is 1. The van der Waals surface area contributed by atoms with E-state index in [4.69, 9.17) is 6.57 Å². The summed E-state index contributed by atoms with van der Waals surface area (Å²) in [6.45, 7) is 10.7. The molecule has 0 spiro atoms. The van der Waals surface area contributed by atoms with Crippen LogP contribution in [0.1, 0.15) is 11.3 Å². The Balaban J connectivity index is 3.35. The summed E-state index contributed by atoms with van der Waals surface area (Å²) in [5, 5.41) is 0. The lowest BCUT2D eigenvalue weighted by atomic mass is 10.2. The van der Waals surface area contributed by atoms with Gasteiger partial charge >= 0.3 is 0 Å². The van der Waals surface area contributed by atoms with Crippen molar-refractivity contribution in [1.29, 1.82) is 0 Å². The number of aryl methyl sites for hydroxylation is 1. The Bertz CT molecular complexity index is 302. The smallest absolute Gasteiger partial charge is 0.270 e.